The molecule has 154 valence electrons. The van der Waals surface area contributed by atoms with Crippen LogP contribution in [0.25, 0.3) is 6.08 Å². The molecule has 3 aliphatic heterocycles. The first-order valence-electron chi connectivity index (χ1n) is 10.4. The van der Waals surface area contributed by atoms with Crippen molar-refractivity contribution >= 4 is 40.6 Å². The standard InChI is InChI=1S/C22H27N3O3S/c1-16-13-17(7-8-18(16)23-9-5-6-10-23)14-19-21(27)25(22(28)29-19)15-20(26)24-11-3-2-4-12-24/h7-8,13-14H,2-6,9-12,15H2,1H3/b19-14-. The van der Waals surface area contributed by atoms with Gasteiger partial charge in [-0.05, 0) is 80.1 Å². The number of carbonyl (C=O) groups excluding carboxylic acids is 3. The van der Waals surface area contributed by atoms with Gasteiger partial charge in [0, 0.05) is 31.9 Å². The van der Waals surface area contributed by atoms with Crippen LogP contribution >= 0.6 is 11.8 Å². The van der Waals surface area contributed by atoms with Crippen LogP contribution in [0.15, 0.2) is 23.1 Å². The lowest BCUT2D eigenvalue weighted by Crippen LogP contribution is -2.44. The molecular formula is C22H27N3O3S. The maximum absolute atomic E-state index is 12.7. The van der Waals surface area contributed by atoms with Gasteiger partial charge in [-0.15, -0.1) is 0 Å². The van der Waals surface area contributed by atoms with E-state index in [0.717, 1.165) is 54.6 Å². The van der Waals surface area contributed by atoms with Crippen molar-refractivity contribution in [3.8, 4) is 0 Å². The average molecular weight is 414 g/mol. The Labute approximate surface area is 175 Å². The number of imide groups is 1. The Balaban J connectivity index is 1.45. The molecule has 0 atom stereocenters. The molecule has 1 aromatic carbocycles. The van der Waals surface area contributed by atoms with Gasteiger partial charge in [-0.25, -0.2) is 0 Å². The number of benzene rings is 1. The number of thioether (sulfide) groups is 1. The van der Waals surface area contributed by atoms with Crippen LogP contribution in [0.2, 0.25) is 0 Å². The van der Waals surface area contributed by atoms with E-state index in [2.05, 4.69) is 24.0 Å². The maximum Gasteiger partial charge on any atom is 0.294 e. The minimum Gasteiger partial charge on any atom is -0.371 e. The molecule has 0 radical (unpaired) electrons. The summed E-state index contributed by atoms with van der Waals surface area (Å²) in [5.41, 5.74) is 3.30. The molecule has 0 saturated carbocycles. The van der Waals surface area contributed by atoms with E-state index in [-0.39, 0.29) is 23.6 Å². The number of carbonyl (C=O) groups is 3. The molecule has 3 heterocycles. The third kappa shape index (κ3) is 4.34. The van der Waals surface area contributed by atoms with Gasteiger partial charge in [0.05, 0.1) is 4.91 Å². The molecule has 3 amide bonds. The Kier molecular flexibility index (Phi) is 5.94. The topological polar surface area (TPSA) is 60.9 Å². The van der Waals surface area contributed by atoms with E-state index in [1.807, 2.05) is 6.07 Å². The normalized spacial score (nSPS) is 21.6. The first kappa shape index (κ1) is 20.0. The van der Waals surface area contributed by atoms with E-state index >= 15 is 0 Å². The minimum absolute atomic E-state index is 0.140. The fraction of sp³-hybridized carbons (Fsp3) is 0.500. The molecule has 3 saturated heterocycles. The molecule has 0 bridgehead atoms. The summed E-state index contributed by atoms with van der Waals surface area (Å²) in [4.78, 5) is 43.2. The van der Waals surface area contributed by atoms with Gasteiger partial charge in [0.25, 0.3) is 11.1 Å². The molecule has 29 heavy (non-hydrogen) atoms. The van der Waals surface area contributed by atoms with Crippen LogP contribution in [-0.2, 0) is 9.59 Å². The summed E-state index contributed by atoms with van der Waals surface area (Å²) < 4.78 is 0. The molecule has 0 N–H and O–H groups in total. The number of aryl methyl sites for hydroxylation is 1. The Hall–Kier alpha value is -2.28. The molecular weight excluding hydrogens is 386 g/mol. The Bertz CT molecular complexity index is 855. The molecule has 0 spiro atoms. The molecule has 3 aliphatic rings. The Morgan fingerprint density at radius 3 is 2.41 bits per heavy atom. The summed E-state index contributed by atoms with van der Waals surface area (Å²) in [6.45, 7) is 5.53. The van der Waals surface area contributed by atoms with Gasteiger partial charge in [0.2, 0.25) is 5.91 Å². The number of hydrogen-bond donors (Lipinski definition) is 0. The first-order valence-corrected chi connectivity index (χ1v) is 11.2. The highest BCUT2D eigenvalue weighted by Crippen LogP contribution is 2.33. The molecule has 0 unspecified atom stereocenters. The van der Waals surface area contributed by atoms with Gasteiger partial charge < -0.3 is 9.80 Å². The molecule has 0 aliphatic carbocycles. The van der Waals surface area contributed by atoms with Crippen molar-refractivity contribution < 1.29 is 14.4 Å². The van der Waals surface area contributed by atoms with Crippen molar-refractivity contribution in [3.63, 3.8) is 0 Å². The van der Waals surface area contributed by atoms with Gasteiger partial charge in [0.15, 0.2) is 0 Å². The number of rotatable bonds is 4. The van der Waals surface area contributed by atoms with Gasteiger partial charge in [-0.2, -0.15) is 0 Å². The van der Waals surface area contributed by atoms with Crippen molar-refractivity contribution in [2.45, 2.75) is 39.0 Å². The lowest BCUT2D eigenvalue weighted by Gasteiger charge is -2.27. The summed E-state index contributed by atoms with van der Waals surface area (Å²) in [6.07, 6.45) is 7.32. The van der Waals surface area contributed by atoms with Crippen LogP contribution in [-0.4, -0.2) is 59.6 Å². The number of nitrogens with zero attached hydrogens (tertiary/aromatic N) is 3. The summed E-state index contributed by atoms with van der Waals surface area (Å²) in [6, 6.07) is 6.14. The largest absolute Gasteiger partial charge is 0.371 e. The van der Waals surface area contributed by atoms with Crippen LogP contribution in [0.4, 0.5) is 10.5 Å². The second-order valence-corrected chi connectivity index (χ2v) is 8.94. The van der Waals surface area contributed by atoms with E-state index < -0.39 is 0 Å². The van der Waals surface area contributed by atoms with Crippen LogP contribution in [0.5, 0.6) is 0 Å². The second kappa shape index (κ2) is 8.61. The second-order valence-electron chi connectivity index (χ2n) is 7.95. The Morgan fingerprint density at radius 1 is 1.03 bits per heavy atom. The number of hydrogen-bond acceptors (Lipinski definition) is 5. The number of anilines is 1. The maximum atomic E-state index is 12.7. The van der Waals surface area contributed by atoms with Gasteiger partial charge in [-0.3, -0.25) is 19.3 Å². The summed E-state index contributed by atoms with van der Waals surface area (Å²) >= 11 is 0.918. The van der Waals surface area contributed by atoms with Crippen LogP contribution in [0.3, 0.4) is 0 Å². The fourth-order valence-corrected chi connectivity index (χ4v) is 5.09. The number of amides is 3. The van der Waals surface area contributed by atoms with Crippen molar-refractivity contribution in [2.24, 2.45) is 0 Å². The highest BCUT2D eigenvalue weighted by Gasteiger charge is 2.37. The zero-order valence-corrected chi connectivity index (χ0v) is 17.7. The van der Waals surface area contributed by atoms with E-state index in [1.54, 1.807) is 11.0 Å². The highest BCUT2D eigenvalue weighted by atomic mass is 32.2. The van der Waals surface area contributed by atoms with Crippen molar-refractivity contribution in [1.82, 2.24) is 9.80 Å². The zero-order valence-electron chi connectivity index (χ0n) is 16.9. The van der Waals surface area contributed by atoms with E-state index in [0.29, 0.717) is 18.0 Å². The van der Waals surface area contributed by atoms with E-state index in [1.165, 1.54) is 24.1 Å². The van der Waals surface area contributed by atoms with Crippen LogP contribution < -0.4 is 4.90 Å². The number of piperidine rings is 1. The summed E-state index contributed by atoms with van der Waals surface area (Å²) in [5, 5.41) is -0.364. The van der Waals surface area contributed by atoms with Gasteiger partial charge in [0.1, 0.15) is 6.54 Å². The third-order valence-electron chi connectivity index (χ3n) is 5.84. The lowest BCUT2D eigenvalue weighted by atomic mass is 10.1. The Morgan fingerprint density at radius 2 is 1.72 bits per heavy atom. The fourth-order valence-electron chi connectivity index (χ4n) is 4.25. The van der Waals surface area contributed by atoms with E-state index in [4.69, 9.17) is 0 Å². The molecule has 6 nitrogen and oxygen atoms in total. The number of likely N-dealkylation sites (tertiary alicyclic amines) is 1. The summed E-state index contributed by atoms with van der Waals surface area (Å²) in [5.74, 6) is -0.509. The van der Waals surface area contributed by atoms with E-state index in [9.17, 15) is 14.4 Å². The lowest BCUT2D eigenvalue weighted by molar-refractivity contribution is -0.136. The SMILES string of the molecule is Cc1cc(/C=C2\SC(=O)N(CC(=O)N3CCCCC3)C2=O)ccc1N1CCCC1. The molecule has 3 fully saturated rings. The smallest absolute Gasteiger partial charge is 0.294 e. The molecule has 4 rings (SSSR count). The first-order chi connectivity index (χ1) is 14.0. The molecule has 0 aromatic heterocycles. The minimum atomic E-state index is -0.369. The molecule has 7 heteroatoms. The third-order valence-corrected chi connectivity index (χ3v) is 6.75. The molecule has 1 aromatic rings. The van der Waals surface area contributed by atoms with Crippen LogP contribution in [0, 0.1) is 6.92 Å². The average Bonchev–Trinajstić information content (AvgIpc) is 3.33. The van der Waals surface area contributed by atoms with Crippen molar-refractivity contribution in [1.29, 1.82) is 0 Å². The van der Waals surface area contributed by atoms with Gasteiger partial charge in [-0.1, -0.05) is 6.07 Å². The summed E-state index contributed by atoms with van der Waals surface area (Å²) in [7, 11) is 0. The predicted octanol–water partition coefficient (Wildman–Crippen LogP) is 3.64. The monoisotopic (exact) mass is 413 g/mol. The van der Waals surface area contributed by atoms with Crippen molar-refractivity contribution in [3.05, 3.63) is 34.2 Å². The predicted molar refractivity (Wildman–Crippen MR) is 116 cm³/mol. The quantitative estimate of drug-likeness (QED) is 0.705. The van der Waals surface area contributed by atoms with Crippen LogP contribution in [0.1, 0.15) is 43.2 Å². The highest BCUT2D eigenvalue weighted by molar-refractivity contribution is 8.18. The van der Waals surface area contributed by atoms with Gasteiger partial charge >= 0.3 is 0 Å². The van der Waals surface area contributed by atoms with Crippen molar-refractivity contribution in [2.75, 3.05) is 37.6 Å². The zero-order chi connectivity index (χ0) is 20.4.